The molecule has 2 rings (SSSR count). The normalized spacial score (nSPS) is 21.3. The van der Waals surface area contributed by atoms with Crippen LogP contribution in [0.4, 0.5) is 13.2 Å². The summed E-state index contributed by atoms with van der Waals surface area (Å²) in [6, 6.07) is 0. The molecule has 0 spiro atoms. The maximum Gasteiger partial charge on any atom is 0.424 e. The number of aliphatic hydroxyl groups is 1. The lowest BCUT2D eigenvalue weighted by Gasteiger charge is -2.30. The molecular weight excluding hydrogens is 237 g/mol. The number of hydrogen-bond acceptors (Lipinski definition) is 4. The zero-order valence-corrected chi connectivity index (χ0v) is 9.23. The maximum absolute atomic E-state index is 13.0. The van der Waals surface area contributed by atoms with Gasteiger partial charge in [-0.15, -0.1) is 0 Å². The van der Waals surface area contributed by atoms with Crippen LogP contribution in [0.2, 0.25) is 0 Å². The largest absolute Gasteiger partial charge is 0.424 e. The summed E-state index contributed by atoms with van der Waals surface area (Å²) in [6.45, 7) is 1.42. The molecular formula is C9H11F3N4O. The van der Waals surface area contributed by atoms with Crippen molar-refractivity contribution in [1.29, 1.82) is 0 Å². The minimum Gasteiger partial charge on any atom is -0.374 e. The molecule has 0 amide bonds. The Morgan fingerprint density at radius 3 is 2.35 bits per heavy atom. The first-order chi connectivity index (χ1) is 7.68. The van der Waals surface area contributed by atoms with Gasteiger partial charge in [-0.05, 0) is 6.92 Å². The lowest BCUT2D eigenvalue weighted by molar-refractivity contribution is -0.275. The van der Waals surface area contributed by atoms with Crippen LogP contribution in [0.3, 0.4) is 0 Å². The van der Waals surface area contributed by atoms with Crippen molar-refractivity contribution in [3.05, 3.63) is 18.2 Å². The van der Waals surface area contributed by atoms with Crippen molar-refractivity contribution >= 4 is 0 Å². The molecule has 1 aromatic heterocycles. The number of imidazole rings is 1. The van der Waals surface area contributed by atoms with Gasteiger partial charge in [0.15, 0.2) is 5.66 Å². The standard InChI is InChI=1S/C9H11F3N4O/c1-7(14-15-7)5-8(17,9(10,11)12)6-13-3-4-16(6)2/h3-4,17H,5H2,1-2H3. The molecule has 0 saturated heterocycles. The zero-order valence-electron chi connectivity index (χ0n) is 9.23. The van der Waals surface area contributed by atoms with E-state index in [-0.39, 0.29) is 0 Å². The van der Waals surface area contributed by atoms with E-state index in [4.69, 9.17) is 0 Å². The zero-order chi connectivity index (χ0) is 12.9. The van der Waals surface area contributed by atoms with Gasteiger partial charge in [0, 0.05) is 25.9 Å². The van der Waals surface area contributed by atoms with Gasteiger partial charge in [-0.3, -0.25) is 0 Å². The minimum atomic E-state index is -4.83. The van der Waals surface area contributed by atoms with Gasteiger partial charge in [0.1, 0.15) is 5.82 Å². The second-order valence-corrected chi connectivity index (χ2v) is 4.31. The van der Waals surface area contributed by atoms with E-state index in [1.165, 1.54) is 26.4 Å². The highest BCUT2D eigenvalue weighted by atomic mass is 19.4. The molecule has 0 bridgehead atoms. The van der Waals surface area contributed by atoms with Crippen LogP contribution in [0.1, 0.15) is 19.2 Å². The van der Waals surface area contributed by atoms with Crippen molar-refractivity contribution in [2.75, 3.05) is 0 Å². The highest BCUT2D eigenvalue weighted by Gasteiger charge is 2.62. The van der Waals surface area contributed by atoms with Crippen molar-refractivity contribution in [2.24, 2.45) is 17.3 Å². The molecule has 1 aliphatic rings. The van der Waals surface area contributed by atoms with Crippen molar-refractivity contribution in [2.45, 2.75) is 30.8 Å². The molecule has 0 aromatic carbocycles. The molecule has 1 N–H and O–H groups in total. The fraction of sp³-hybridized carbons (Fsp3) is 0.667. The molecule has 17 heavy (non-hydrogen) atoms. The SMILES string of the molecule is Cn1ccnc1C(O)(CC1(C)N=N1)C(F)(F)F. The molecule has 2 heterocycles. The molecule has 8 heteroatoms. The third-order valence-electron chi connectivity index (χ3n) is 2.69. The predicted molar refractivity (Wildman–Crippen MR) is 51.0 cm³/mol. The van der Waals surface area contributed by atoms with E-state index in [9.17, 15) is 18.3 Å². The highest BCUT2D eigenvalue weighted by Crippen LogP contribution is 2.47. The molecule has 1 aromatic rings. The van der Waals surface area contributed by atoms with Crippen LogP contribution < -0.4 is 0 Å². The summed E-state index contributed by atoms with van der Waals surface area (Å²) in [7, 11) is 1.39. The van der Waals surface area contributed by atoms with E-state index < -0.39 is 29.7 Å². The molecule has 0 radical (unpaired) electrons. The molecule has 0 fully saturated rings. The first-order valence-corrected chi connectivity index (χ1v) is 4.89. The molecule has 5 nitrogen and oxygen atoms in total. The summed E-state index contributed by atoms with van der Waals surface area (Å²) in [5.74, 6) is -0.455. The van der Waals surface area contributed by atoms with Crippen molar-refractivity contribution in [3.63, 3.8) is 0 Å². The Morgan fingerprint density at radius 2 is 2.00 bits per heavy atom. The Kier molecular flexibility index (Phi) is 2.32. The van der Waals surface area contributed by atoms with Crippen LogP contribution >= 0.6 is 0 Å². The summed E-state index contributed by atoms with van der Waals surface area (Å²) in [5.41, 5.74) is -4.21. The van der Waals surface area contributed by atoms with Gasteiger partial charge in [0.2, 0.25) is 5.60 Å². The van der Waals surface area contributed by atoms with Crippen LogP contribution in [0.15, 0.2) is 22.6 Å². The number of alkyl halides is 3. The van der Waals surface area contributed by atoms with Gasteiger partial charge in [-0.25, -0.2) is 4.98 Å². The van der Waals surface area contributed by atoms with Gasteiger partial charge in [-0.1, -0.05) is 0 Å². The van der Waals surface area contributed by atoms with Crippen LogP contribution in [0.25, 0.3) is 0 Å². The predicted octanol–water partition coefficient (Wildman–Crippen LogP) is 1.74. The Morgan fingerprint density at radius 1 is 1.41 bits per heavy atom. The van der Waals surface area contributed by atoms with E-state index in [0.29, 0.717) is 0 Å². The third-order valence-corrected chi connectivity index (χ3v) is 2.69. The smallest absolute Gasteiger partial charge is 0.374 e. The molecule has 1 aliphatic heterocycles. The van der Waals surface area contributed by atoms with Crippen LogP contribution in [0, 0.1) is 0 Å². The molecule has 0 aliphatic carbocycles. The number of halogens is 3. The quantitative estimate of drug-likeness (QED) is 0.885. The van der Waals surface area contributed by atoms with Gasteiger partial charge in [-0.2, -0.15) is 23.4 Å². The van der Waals surface area contributed by atoms with E-state index in [1.54, 1.807) is 0 Å². The first kappa shape index (κ1) is 12.0. The maximum atomic E-state index is 13.0. The summed E-state index contributed by atoms with van der Waals surface area (Å²) in [6.07, 6.45) is -2.94. The number of aryl methyl sites for hydroxylation is 1. The number of hydrogen-bond donors (Lipinski definition) is 1. The summed E-state index contributed by atoms with van der Waals surface area (Å²) >= 11 is 0. The summed E-state index contributed by atoms with van der Waals surface area (Å²) in [4.78, 5) is 3.58. The average Bonchev–Trinajstić information content (AvgIpc) is 2.73. The monoisotopic (exact) mass is 248 g/mol. The number of rotatable bonds is 3. The van der Waals surface area contributed by atoms with E-state index in [2.05, 4.69) is 15.2 Å². The lowest BCUT2D eigenvalue weighted by Crippen LogP contribution is -2.47. The second kappa shape index (κ2) is 3.28. The Balaban J connectivity index is 2.40. The van der Waals surface area contributed by atoms with Crippen LogP contribution in [-0.2, 0) is 12.6 Å². The fourth-order valence-corrected chi connectivity index (χ4v) is 1.71. The first-order valence-electron chi connectivity index (χ1n) is 4.89. The summed E-state index contributed by atoms with van der Waals surface area (Å²) in [5, 5.41) is 16.9. The molecule has 1 atom stereocenters. The number of aromatic nitrogens is 2. The molecule has 94 valence electrons. The summed E-state index contributed by atoms with van der Waals surface area (Å²) < 4.78 is 40.2. The van der Waals surface area contributed by atoms with Gasteiger partial charge in [0.05, 0.1) is 0 Å². The molecule has 1 unspecified atom stereocenters. The highest BCUT2D eigenvalue weighted by molar-refractivity contribution is 5.12. The fourth-order valence-electron chi connectivity index (χ4n) is 1.71. The average molecular weight is 248 g/mol. The van der Waals surface area contributed by atoms with Gasteiger partial charge >= 0.3 is 6.18 Å². The topological polar surface area (TPSA) is 62.8 Å². The van der Waals surface area contributed by atoms with Crippen molar-refractivity contribution in [3.8, 4) is 0 Å². The van der Waals surface area contributed by atoms with E-state index in [1.807, 2.05) is 0 Å². The Bertz CT molecular complexity index is 461. The molecule has 0 saturated carbocycles. The van der Waals surface area contributed by atoms with Crippen molar-refractivity contribution < 1.29 is 18.3 Å². The van der Waals surface area contributed by atoms with E-state index >= 15 is 0 Å². The number of nitrogens with zero attached hydrogens (tertiary/aromatic N) is 4. The Hall–Kier alpha value is -1.44. The Labute approximate surface area is 95.0 Å². The van der Waals surface area contributed by atoms with Crippen LogP contribution in [0.5, 0.6) is 0 Å². The van der Waals surface area contributed by atoms with Crippen LogP contribution in [-0.4, -0.2) is 26.5 Å². The van der Waals surface area contributed by atoms with E-state index in [0.717, 1.165) is 4.57 Å². The minimum absolute atomic E-state index is 0.455. The second-order valence-electron chi connectivity index (χ2n) is 4.31. The lowest BCUT2D eigenvalue weighted by atomic mass is 9.91. The third kappa shape index (κ3) is 1.92. The van der Waals surface area contributed by atoms with Gasteiger partial charge in [0.25, 0.3) is 0 Å². The van der Waals surface area contributed by atoms with Crippen molar-refractivity contribution in [1.82, 2.24) is 9.55 Å². The van der Waals surface area contributed by atoms with Gasteiger partial charge < -0.3 is 9.67 Å².